The standard InChI is InChI=1S/C4H10O2S.C4H6O2/c5-1-3-7-4-2-6;1-3-4(5)6-2/h5-6H,1-4H2;3H,1H2,2H3. The fourth-order valence-corrected chi connectivity index (χ4v) is 0.777. The van der Waals surface area contributed by atoms with E-state index in [0.717, 1.165) is 17.6 Å². The van der Waals surface area contributed by atoms with Crippen LogP contribution in [0.5, 0.6) is 0 Å². The number of carbonyl (C=O) groups excluding carboxylic acids is 1. The molecule has 5 heteroatoms. The zero-order valence-corrected chi connectivity index (χ0v) is 8.55. The lowest BCUT2D eigenvalue weighted by Gasteiger charge is -1.90. The van der Waals surface area contributed by atoms with Crippen LogP contribution in [0.4, 0.5) is 0 Å². The van der Waals surface area contributed by atoms with Gasteiger partial charge >= 0.3 is 5.97 Å². The van der Waals surface area contributed by atoms with Gasteiger partial charge in [-0.25, -0.2) is 4.79 Å². The second-order valence-electron chi connectivity index (χ2n) is 1.79. The SMILES string of the molecule is C=CC(=O)OC.OCCSCCO. The van der Waals surface area contributed by atoms with Gasteiger partial charge in [0.25, 0.3) is 0 Å². The third-order valence-electron chi connectivity index (χ3n) is 0.839. The third-order valence-corrected chi connectivity index (χ3v) is 1.78. The highest BCUT2D eigenvalue weighted by Gasteiger charge is 1.82. The van der Waals surface area contributed by atoms with E-state index in [4.69, 9.17) is 10.2 Å². The number of hydrogen-bond acceptors (Lipinski definition) is 5. The Bertz CT molecular complexity index is 123. The Morgan fingerprint density at radius 1 is 1.46 bits per heavy atom. The van der Waals surface area contributed by atoms with Gasteiger partial charge in [-0.05, 0) is 0 Å². The zero-order chi connectivity index (χ0) is 10.5. The van der Waals surface area contributed by atoms with Crippen molar-refractivity contribution in [1.29, 1.82) is 0 Å². The van der Waals surface area contributed by atoms with Crippen molar-refractivity contribution in [3.63, 3.8) is 0 Å². The molecule has 0 aliphatic carbocycles. The number of carbonyl (C=O) groups is 1. The molecular formula is C8H16O4S. The summed E-state index contributed by atoms with van der Waals surface area (Å²) < 4.78 is 4.14. The Balaban J connectivity index is 0. The molecule has 0 saturated carbocycles. The summed E-state index contributed by atoms with van der Waals surface area (Å²) in [4.78, 5) is 9.84. The molecule has 0 fully saturated rings. The Labute approximate surface area is 82.6 Å². The Hall–Kier alpha value is -0.520. The van der Waals surface area contributed by atoms with Crippen molar-refractivity contribution in [3.05, 3.63) is 12.7 Å². The number of aliphatic hydroxyl groups is 2. The van der Waals surface area contributed by atoms with Crippen molar-refractivity contribution in [2.24, 2.45) is 0 Å². The summed E-state index contributed by atoms with van der Waals surface area (Å²) in [5, 5.41) is 16.4. The lowest BCUT2D eigenvalue weighted by Crippen LogP contribution is -1.91. The fourth-order valence-electron chi connectivity index (χ4n) is 0.314. The topological polar surface area (TPSA) is 66.8 Å². The molecule has 0 amide bonds. The van der Waals surface area contributed by atoms with E-state index in [1.165, 1.54) is 7.11 Å². The molecule has 0 atom stereocenters. The highest BCUT2D eigenvalue weighted by molar-refractivity contribution is 7.99. The van der Waals surface area contributed by atoms with Gasteiger partial charge in [-0.2, -0.15) is 11.8 Å². The lowest BCUT2D eigenvalue weighted by atomic mass is 10.7. The monoisotopic (exact) mass is 208 g/mol. The number of ether oxygens (including phenoxy) is 1. The minimum absolute atomic E-state index is 0.213. The average molecular weight is 208 g/mol. The first-order valence-corrected chi connectivity index (χ1v) is 4.88. The summed E-state index contributed by atoms with van der Waals surface area (Å²) in [5.74, 6) is 1.08. The van der Waals surface area contributed by atoms with E-state index < -0.39 is 5.97 Å². The van der Waals surface area contributed by atoms with Gasteiger partial charge in [-0.1, -0.05) is 6.58 Å². The van der Waals surface area contributed by atoms with Crippen LogP contribution in [0.2, 0.25) is 0 Å². The number of esters is 1. The van der Waals surface area contributed by atoms with Gasteiger partial charge < -0.3 is 14.9 Å². The number of thioether (sulfide) groups is 1. The van der Waals surface area contributed by atoms with Crippen molar-refractivity contribution < 1.29 is 19.7 Å². The van der Waals surface area contributed by atoms with Gasteiger partial charge in [0.15, 0.2) is 0 Å². The molecule has 0 spiro atoms. The van der Waals surface area contributed by atoms with Crippen molar-refractivity contribution in [2.45, 2.75) is 0 Å². The number of hydrogen-bond donors (Lipinski definition) is 2. The summed E-state index contributed by atoms with van der Waals surface area (Å²) in [6, 6.07) is 0. The molecule has 0 rings (SSSR count). The first-order chi connectivity index (χ1) is 6.22. The number of aliphatic hydroxyl groups excluding tert-OH is 2. The molecule has 0 radical (unpaired) electrons. The Morgan fingerprint density at radius 2 is 1.92 bits per heavy atom. The zero-order valence-electron chi connectivity index (χ0n) is 7.73. The predicted octanol–water partition coefficient (Wildman–Crippen LogP) is 0.0496. The summed E-state index contributed by atoms with van der Waals surface area (Å²) in [6.07, 6.45) is 1.11. The molecule has 0 saturated heterocycles. The van der Waals surface area contributed by atoms with Crippen LogP contribution < -0.4 is 0 Å². The normalized spacial score (nSPS) is 8.23. The van der Waals surface area contributed by atoms with Gasteiger partial charge in [0, 0.05) is 17.6 Å². The van der Waals surface area contributed by atoms with Crippen LogP contribution in [0.1, 0.15) is 0 Å². The van der Waals surface area contributed by atoms with Crippen LogP contribution in [-0.2, 0) is 9.53 Å². The van der Waals surface area contributed by atoms with E-state index in [9.17, 15) is 4.79 Å². The van der Waals surface area contributed by atoms with Crippen LogP contribution in [0.15, 0.2) is 12.7 Å². The fraction of sp³-hybridized carbons (Fsp3) is 0.625. The van der Waals surface area contributed by atoms with E-state index in [2.05, 4.69) is 11.3 Å². The average Bonchev–Trinajstić information content (AvgIpc) is 2.18. The summed E-state index contributed by atoms with van der Waals surface area (Å²) in [7, 11) is 1.31. The first kappa shape index (κ1) is 15.0. The molecule has 0 aromatic carbocycles. The molecule has 78 valence electrons. The molecular weight excluding hydrogens is 192 g/mol. The molecule has 0 bridgehead atoms. The Kier molecular flexibility index (Phi) is 16.2. The van der Waals surface area contributed by atoms with E-state index in [-0.39, 0.29) is 13.2 Å². The quantitative estimate of drug-likeness (QED) is 0.379. The smallest absolute Gasteiger partial charge is 0.329 e. The highest BCUT2D eigenvalue weighted by atomic mass is 32.2. The minimum atomic E-state index is -0.394. The van der Waals surface area contributed by atoms with Crippen molar-refractivity contribution in [2.75, 3.05) is 31.8 Å². The minimum Gasteiger partial charge on any atom is -0.466 e. The van der Waals surface area contributed by atoms with E-state index >= 15 is 0 Å². The summed E-state index contributed by atoms with van der Waals surface area (Å²) in [6.45, 7) is 3.58. The lowest BCUT2D eigenvalue weighted by molar-refractivity contribution is -0.134. The second kappa shape index (κ2) is 14.0. The maximum absolute atomic E-state index is 9.84. The van der Waals surface area contributed by atoms with E-state index in [1.807, 2.05) is 0 Å². The van der Waals surface area contributed by atoms with Crippen LogP contribution in [0, 0.1) is 0 Å². The van der Waals surface area contributed by atoms with Crippen molar-refractivity contribution >= 4 is 17.7 Å². The van der Waals surface area contributed by atoms with Crippen LogP contribution in [0.3, 0.4) is 0 Å². The third kappa shape index (κ3) is 18.4. The summed E-state index contributed by atoms with van der Waals surface area (Å²) >= 11 is 1.55. The van der Waals surface area contributed by atoms with E-state index in [0.29, 0.717) is 0 Å². The molecule has 0 aromatic heterocycles. The molecule has 4 nitrogen and oxygen atoms in total. The van der Waals surface area contributed by atoms with Gasteiger partial charge in [-0.15, -0.1) is 0 Å². The number of methoxy groups -OCH3 is 1. The van der Waals surface area contributed by atoms with E-state index in [1.54, 1.807) is 11.8 Å². The molecule has 0 unspecified atom stereocenters. The number of rotatable bonds is 5. The van der Waals surface area contributed by atoms with Gasteiger partial charge in [0.1, 0.15) is 0 Å². The maximum Gasteiger partial charge on any atom is 0.329 e. The summed E-state index contributed by atoms with van der Waals surface area (Å²) in [5.41, 5.74) is 0. The van der Waals surface area contributed by atoms with Crippen LogP contribution in [0.25, 0.3) is 0 Å². The van der Waals surface area contributed by atoms with Crippen molar-refractivity contribution in [3.8, 4) is 0 Å². The van der Waals surface area contributed by atoms with Crippen LogP contribution in [-0.4, -0.2) is 48.0 Å². The molecule has 2 N–H and O–H groups in total. The van der Waals surface area contributed by atoms with Gasteiger partial charge in [0.2, 0.25) is 0 Å². The maximum atomic E-state index is 9.84. The molecule has 0 aromatic rings. The molecule has 13 heavy (non-hydrogen) atoms. The second-order valence-corrected chi connectivity index (χ2v) is 3.01. The van der Waals surface area contributed by atoms with Crippen LogP contribution >= 0.6 is 11.8 Å². The first-order valence-electron chi connectivity index (χ1n) is 3.72. The predicted molar refractivity (Wildman–Crippen MR) is 53.7 cm³/mol. The Morgan fingerprint density at radius 3 is 2.08 bits per heavy atom. The van der Waals surface area contributed by atoms with Gasteiger partial charge in [0.05, 0.1) is 20.3 Å². The largest absolute Gasteiger partial charge is 0.466 e. The molecule has 0 heterocycles. The molecule has 0 aliphatic heterocycles. The highest BCUT2D eigenvalue weighted by Crippen LogP contribution is 1.94. The van der Waals surface area contributed by atoms with Gasteiger partial charge in [-0.3, -0.25) is 0 Å². The van der Waals surface area contributed by atoms with Crippen molar-refractivity contribution in [1.82, 2.24) is 0 Å². The molecule has 0 aliphatic rings.